The van der Waals surface area contributed by atoms with E-state index in [-0.39, 0.29) is 23.2 Å². The Morgan fingerprint density at radius 3 is 2.66 bits per heavy atom. The molecule has 3 rings (SSSR count). The highest BCUT2D eigenvalue weighted by Crippen LogP contribution is 2.29. The van der Waals surface area contributed by atoms with Gasteiger partial charge in [-0.15, -0.1) is 0 Å². The number of benzene rings is 2. The number of carbonyl (C=O) groups is 1. The van der Waals surface area contributed by atoms with Gasteiger partial charge in [0, 0.05) is 16.9 Å². The van der Waals surface area contributed by atoms with Crippen molar-refractivity contribution in [2.75, 3.05) is 5.32 Å². The van der Waals surface area contributed by atoms with Crippen molar-refractivity contribution in [2.24, 2.45) is 0 Å². The van der Waals surface area contributed by atoms with Crippen LogP contribution in [0.5, 0.6) is 11.5 Å². The Balaban J connectivity index is 1.60. The molecule has 0 spiro atoms. The first-order valence-electron chi connectivity index (χ1n) is 8.30. The summed E-state index contributed by atoms with van der Waals surface area (Å²) >= 11 is 11.9. The number of nitrogens with zero attached hydrogens (tertiary/aromatic N) is 2. The van der Waals surface area contributed by atoms with Crippen LogP contribution in [0.4, 0.5) is 14.5 Å². The van der Waals surface area contributed by atoms with E-state index in [1.165, 1.54) is 28.9 Å². The molecule has 10 heteroatoms. The standard InChI is InChI=1S/C19H15Cl2F2N3O3/c1-11-8-13(3-4-14(11)20)28-10-26-7-6-16(25-26)18(27)24-12-2-5-17(15(21)9-12)29-19(22)23/h2-9,19H,10H2,1H3,(H,24,27). The van der Waals surface area contributed by atoms with Gasteiger partial charge in [0.15, 0.2) is 12.4 Å². The maximum Gasteiger partial charge on any atom is 0.387 e. The maximum atomic E-state index is 12.3. The molecule has 0 saturated heterocycles. The molecule has 0 saturated carbocycles. The average Bonchev–Trinajstić information content (AvgIpc) is 3.14. The topological polar surface area (TPSA) is 65.4 Å². The number of hydrogen-bond acceptors (Lipinski definition) is 4. The second-order valence-electron chi connectivity index (χ2n) is 5.90. The summed E-state index contributed by atoms with van der Waals surface area (Å²) in [7, 11) is 0. The summed E-state index contributed by atoms with van der Waals surface area (Å²) in [6.07, 6.45) is 1.59. The van der Waals surface area contributed by atoms with Gasteiger partial charge < -0.3 is 14.8 Å². The van der Waals surface area contributed by atoms with Gasteiger partial charge >= 0.3 is 6.61 Å². The second-order valence-corrected chi connectivity index (χ2v) is 6.72. The Bertz CT molecular complexity index is 1030. The molecule has 0 radical (unpaired) electrons. The Hall–Kier alpha value is -2.84. The molecule has 1 N–H and O–H groups in total. The van der Waals surface area contributed by atoms with Gasteiger partial charge in [0.2, 0.25) is 0 Å². The number of alkyl halides is 2. The predicted octanol–water partition coefficient (Wildman–Crippen LogP) is 5.39. The molecular weight excluding hydrogens is 427 g/mol. The normalized spacial score (nSPS) is 10.8. The number of nitrogens with one attached hydrogen (secondary N) is 1. The number of amides is 1. The lowest BCUT2D eigenvalue weighted by molar-refractivity contribution is -0.0497. The van der Waals surface area contributed by atoms with Crippen LogP contribution in [0, 0.1) is 6.92 Å². The number of anilines is 1. The van der Waals surface area contributed by atoms with Gasteiger partial charge in [-0.3, -0.25) is 4.79 Å². The number of aryl methyl sites for hydroxylation is 1. The molecule has 1 heterocycles. The van der Waals surface area contributed by atoms with Crippen molar-refractivity contribution in [3.05, 3.63) is 70.0 Å². The lowest BCUT2D eigenvalue weighted by atomic mass is 10.2. The summed E-state index contributed by atoms with van der Waals surface area (Å²) in [6.45, 7) is -1.03. The first-order chi connectivity index (χ1) is 13.8. The fourth-order valence-electron chi connectivity index (χ4n) is 2.37. The van der Waals surface area contributed by atoms with E-state index in [0.717, 1.165) is 5.56 Å². The molecule has 0 aliphatic carbocycles. The first-order valence-corrected chi connectivity index (χ1v) is 9.05. The van der Waals surface area contributed by atoms with E-state index in [4.69, 9.17) is 27.9 Å². The minimum atomic E-state index is -2.99. The van der Waals surface area contributed by atoms with Crippen LogP contribution in [-0.2, 0) is 6.73 Å². The van der Waals surface area contributed by atoms with Crippen LogP contribution in [0.1, 0.15) is 16.1 Å². The highest BCUT2D eigenvalue weighted by atomic mass is 35.5. The molecule has 2 aromatic carbocycles. The monoisotopic (exact) mass is 441 g/mol. The predicted molar refractivity (Wildman–Crippen MR) is 105 cm³/mol. The first kappa shape index (κ1) is 20.9. The van der Waals surface area contributed by atoms with Gasteiger partial charge in [0.05, 0.1) is 5.02 Å². The SMILES string of the molecule is Cc1cc(OCn2ccc(C(=O)Nc3ccc(OC(F)F)c(Cl)c3)n2)ccc1Cl. The lowest BCUT2D eigenvalue weighted by Crippen LogP contribution is -2.14. The number of hydrogen-bond donors (Lipinski definition) is 1. The van der Waals surface area contributed by atoms with Crippen LogP contribution in [-0.4, -0.2) is 22.3 Å². The summed E-state index contributed by atoms with van der Waals surface area (Å²) in [4.78, 5) is 12.3. The van der Waals surface area contributed by atoms with Crippen LogP contribution in [0.15, 0.2) is 48.7 Å². The number of carbonyl (C=O) groups excluding carboxylic acids is 1. The van der Waals surface area contributed by atoms with E-state index < -0.39 is 12.5 Å². The highest BCUT2D eigenvalue weighted by Gasteiger charge is 2.13. The zero-order valence-corrected chi connectivity index (χ0v) is 16.5. The molecule has 152 valence electrons. The van der Waals surface area contributed by atoms with Crippen LogP contribution in [0.3, 0.4) is 0 Å². The largest absolute Gasteiger partial charge is 0.471 e. The zero-order chi connectivity index (χ0) is 21.0. The van der Waals surface area contributed by atoms with Crippen molar-refractivity contribution in [3.63, 3.8) is 0 Å². The molecule has 1 amide bonds. The van der Waals surface area contributed by atoms with E-state index in [1.807, 2.05) is 6.92 Å². The summed E-state index contributed by atoms with van der Waals surface area (Å²) in [6, 6.07) is 10.7. The molecule has 0 bridgehead atoms. The van der Waals surface area contributed by atoms with E-state index in [0.29, 0.717) is 16.5 Å². The van der Waals surface area contributed by atoms with Gasteiger partial charge in [-0.25, -0.2) is 4.68 Å². The highest BCUT2D eigenvalue weighted by molar-refractivity contribution is 6.32. The summed E-state index contributed by atoms with van der Waals surface area (Å²) in [5, 5.41) is 7.31. The molecule has 6 nitrogen and oxygen atoms in total. The van der Waals surface area contributed by atoms with Crippen LogP contribution in [0.25, 0.3) is 0 Å². The summed E-state index contributed by atoms with van der Waals surface area (Å²) in [5.74, 6) is -0.0580. The van der Waals surface area contributed by atoms with Crippen LogP contribution < -0.4 is 14.8 Å². The fourth-order valence-corrected chi connectivity index (χ4v) is 2.71. The molecule has 0 unspecified atom stereocenters. The number of halogens is 4. The quantitative estimate of drug-likeness (QED) is 0.533. The number of aromatic nitrogens is 2. The van der Waals surface area contributed by atoms with E-state index in [9.17, 15) is 13.6 Å². The second kappa shape index (κ2) is 9.11. The van der Waals surface area contributed by atoms with Gasteiger partial charge in [0.25, 0.3) is 5.91 Å². The average molecular weight is 442 g/mol. The van der Waals surface area contributed by atoms with Crippen molar-refractivity contribution in [3.8, 4) is 11.5 Å². The zero-order valence-electron chi connectivity index (χ0n) is 15.0. The molecule has 0 aliphatic heterocycles. The van der Waals surface area contributed by atoms with Crippen molar-refractivity contribution in [1.29, 1.82) is 0 Å². The van der Waals surface area contributed by atoms with Crippen molar-refractivity contribution in [1.82, 2.24) is 9.78 Å². The Morgan fingerprint density at radius 1 is 1.17 bits per heavy atom. The Labute approximate surface area is 174 Å². The van der Waals surface area contributed by atoms with Gasteiger partial charge in [0.1, 0.15) is 11.5 Å². The minimum absolute atomic E-state index is 0.0553. The number of ether oxygens (including phenoxy) is 2. The minimum Gasteiger partial charge on any atom is -0.471 e. The molecule has 0 atom stereocenters. The molecule has 1 aromatic heterocycles. The third-order valence-corrected chi connectivity index (χ3v) is 4.49. The smallest absolute Gasteiger partial charge is 0.387 e. The molecule has 0 fully saturated rings. The summed E-state index contributed by atoms with van der Waals surface area (Å²) in [5.41, 5.74) is 1.34. The molecule has 0 aliphatic rings. The summed E-state index contributed by atoms with van der Waals surface area (Å²) < 4.78 is 35.9. The fraction of sp³-hybridized carbons (Fsp3) is 0.158. The lowest BCUT2D eigenvalue weighted by Gasteiger charge is -2.09. The van der Waals surface area contributed by atoms with Gasteiger partial charge in [-0.05, 0) is 55.0 Å². The van der Waals surface area contributed by atoms with Gasteiger partial charge in [-0.1, -0.05) is 23.2 Å². The Kier molecular flexibility index (Phi) is 6.56. The van der Waals surface area contributed by atoms with Crippen molar-refractivity contribution >= 4 is 34.8 Å². The van der Waals surface area contributed by atoms with Crippen molar-refractivity contribution < 1.29 is 23.0 Å². The van der Waals surface area contributed by atoms with Crippen LogP contribution in [0.2, 0.25) is 10.0 Å². The molecule has 3 aromatic rings. The third-order valence-electron chi connectivity index (χ3n) is 3.77. The third kappa shape index (κ3) is 5.58. The number of rotatable bonds is 7. The molecule has 29 heavy (non-hydrogen) atoms. The van der Waals surface area contributed by atoms with Crippen molar-refractivity contribution in [2.45, 2.75) is 20.3 Å². The molecular formula is C19H15Cl2F2N3O3. The van der Waals surface area contributed by atoms with E-state index in [2.05, 4.69) is 15.2 Å². The van der Waals surface area contributed by atoms with Gasteiger partial charge in [-0.2, -0.15) is 13.9 Å². The van der Waals surface area contributed by atoms with Crippen LogP contribution >= 0.6 is 23.2 Å². The van der Waals surface area contributed by atoms with E-state index in [1.54, 1.807) is 24.4 Å². The maximum absolute atomic E-state index is 12.3. The Morgan fingerprint density at radius 2 is 1.97 bits per heavy atom. The van der Waals surface area contributed by atoms with E-state index >= 15 is 0 Å².